The molecule has 4 nitrogen and oxygen atoms in total. The number of aliphatic hydroxyl groups is 1. The van der Waals surface area contributed by atoms with E-state index in [1.807, 2.05) is 6.08 Å². The van der Waals surface area contributed by atoms with Crippen molar-refractivity contribution >= 4 is 5.91 Å². The van der Waals surface area contributed by atoms with E-state index >= 15 is 0 Å². The molecule has 3 N–H and O–H groups in total. The molecule has 0 aliphatic rings. The Morgan fingerprint density at radius 1 is 0.917 bits per heavy atom. The molecule has 24 heavy (non-hydrogen) atoms. The van der Waals surface area contributed by atoms with Crippen LogP contribution in [-0.2, 0) is 4.79 Å². The zero-order chi connectivity index (χ0) is 17.9. The van der Waals surface area contributed by atoms with Gasteiger partial charge in [-0.05, 0) is 25.7 Å². The maximum Gasteiger partial charge on any atom is 0.243 e. The van der Waals surface area contributed by atoms with E-state index in [2.05, 4.69) is 13.0 Å². The summed E-state index contributed by atoms with van der Waals surface area (Å²) in [6.07, 6.45) is 20.6. The summed E-state index contributed by atoms with van der Waals surface area (Å²) in [5.41, 5.74) is 1.67. The van der Waals surface area contributed by atoms with Crippen molar-refractivity contribution in [1.29, 1.82) is 0 Å². The van der Waals surface area contributed by atoms with E-state index in [1.54, 1.807) is 5.48 Å². The lowest BCUT2D eigenvalue weighted by atomic mass is 10.0. The highest BCUT2D eigenvalue weighted by molar-refractivity contribution is 5.74. The molecule has 0 saturated heterocycles. The van der Waals surface area contributed by atoms with Crippen LogP contribution in [-0.4, -0.2) is 22.3 Å². The molecule has 0 aliphatic carbocycles. The number of rotatable bonds is 17. The highest BCUT2D eigenvalue weighted by Gasteiger charge is 1.98. The molecule has 0 aromatic rings. The van der Waals surface area contributed by atoms with Crippen LogP contribution in [0.3, 0.4) is 0 Å². The van der Waals surface area contributed by atoms with Crippen LogP contribution in [0.25, 0.3) is 0 Å². The van der Waals surface area contributed by atoms with Gasteiger partial charge in [0.25, 0.3) is 0 Å². The normalized spacial score (nSPS) is 12.6. The molecule has 0 bridgehead atoms. The molecule has 0 aliphatic heterocycles. The zero-order valence-electron chi connectivity index (χ0n) is 15.6. The fourth-order valence-corrected chi connectivity index (χ4v) is 2.78. The first-order valence-corrected chi connectivity index (χ1v) is 9.98. The molecule has 0 unspecified atom stereocenters. The lowest BCUT2D eigenvalue weighted by molar-refractivity contribution is -0.129. The van der Waals surface area contributed by atoms with Crippen molar-refractivity contribution in [3.8, 4) is 0 Å². The summed E-state index contributed by atoms with van der Waals surface area (Å²) in [7, 11) is 0. The van der Waals surface area contributed by atoms with Gasteiger partial charge in [0.2, 0.25) is 5.91 Å². The number of unbranched alkanes of at least 4 members (excludes halogenated alkanes) is 11. The third-order valence-corrected chi connectivity index (χ3v) is 4.36. The van der Waals surface area contributed by atoms with E-state index in [1.165, 1.54) is 51.4 Å². The van der Waals surface area contributed by atoms with E-state index in [-0.39, 0.29) is 12.0 Å². The first-order chi connectivity index (χ1) is 11.7. The second-order valence-corrected chi connectivity index (χ2v) is 6.75. The third-order valence-electron chi connectivity index (χ3n) is 4.36. The van der Waals surface area contributed by atoms with Crippen molar-refractivity contribution in [1.82, 2.24) is 5.48 Å². The zero-order valence-corrected chi connectivity index (χ0v) is 15.6. The summed E-state index contributed by atoms with van der Waals surface area (Å²) < 4.78 is 0. The Bertz CT molecular complexity index is 305. The Morgan fingerprint density at radius 2 is 1.46 bits per heavy atom. The Labute approximate surface area is 148 Å². The first-order valence-electron chi connectivity index (χ1n) is 9.98. The number of hydrogen-bond donors (Lipinski definition) is 3. The summed E-state index contributed by atoms with van der Waals surface area (Å²) in [4.78, 5) is 10.8. The average Bonchev–Trinajstić information content (AvgIpc) is 2.59. The van der Waals surface area contributed by atoms with Crippen LogP contribution in [0.2, 0.25) is 0 Å². The van der Waals surface area contributed by atoms with Gasteiger partial charge in [-0.3, -0.25) is 10.0 Å². The van der Waals surface area contributed by atoms with Gasteiger partial charge in [-0.1, -0.05) is 83.3 Å². The number of hydrogen-bond acceptors (Lipinski definition) is 3. The fourth-order valence-electron chi connectivity index (χ4n) is 2.78. The fraction of sp³-hybridized carbons (Fsp3) is 0.850. The lowest BCUT2D eigenvalue weighted by Gasteiger charge is -2.04. The van der Waals surface area contributed by atoms with E-state index < -0.39 is 0 Å². The standard InChI is InChI=1S/C20H39NO3/c1-2-3-16-19(22)17-14-12-10-8-6-4-5-7-9-11-13-15-18-20(23)21-24/h14,17,19,22,24H,2-13,15-16,18H2,1H3,(H,21,23)/b17-14-/t19-/m1/s1. The number of aliphatic hydroxyl groups excluding tert-OH is 1. The van der Waals surface area contributed by atoms with Crippen molar-refractivity contribution in [3.63, 3.8) is 0 Å². The molecule has 142 valence electrons. The average molecular weight is 342 g/mol. The van der Waals surface area contributed by atoms with Gasteiger partial charge in [0, 0.05) is 6.42 Å². The second kappa shape index (κ2) is 18.5. The minimum Gasteiger partial charge on any atom is -0.389 e. The predicted molar refractivity (Wildman–Crippen MR) is 100 cm³/mol. The molecular formula is C20H39NO3. The molecule has 0 aromatic heterocycles. The van der Waals surface area contributed by atoms with Gasteiger partial charge in [-0.2, -0.15) is 0 Å². The van der Waals surface area contributed by atoms with Crippen molar-refractivity contribution in [3.05, 3.63) is 12.2 Å². The Morgan fingerprint density at radius 3 is 2.00 bits per heavy atom. The van der Waals surface area contributed by atoms with E-state index in [9.17, 15) is 9.90 Å². The first kappa shape index (κ1) is 23.1. The largest absolute Gasteiger partial charge is 0.389 e. The molecule has 0 rings (SSSR count). The topological polar surface area (TPSA) is 69.6 Å². The van der Waals surface area contributed by atoms with Crippen LogP contribution < -0.4 is 5.48 Å². The van der Waals surface area contributed by atoms with Crippen LogP contribution >= 0.6 is 0 Å². The Kier molecular flexibility index (Phi) is 17.8. The lowest BCUT2D eigenvalue weighted by Crippen LogP contribution is -2.17. The summed E-state index contributed by atoms with van der Waals surface area (Å²) >= 11 is 0. The van der Waals surface area contributed by atoms with Gasteiger partial charge >= 0.3 is 0 Å². The van der Waals surface area contributed by atoms with Crippen molar-refractivity contribution in [2.45, 2.75) is 109 Å². The molecule has 0 heterocycles. The quantitative estimate of drug-likeness (QED) is 0.146. The van der Waals surface area contributed by atoms with Crippen LogP contribution in [0.1, 0.15) is 103 Å². The van der Waals surface area contributed by atoms with Crippen LogP contribution in [0, 0.1) is 0 Å². The molecule has 0 saturated carbocycles. The van der Waals surface area contributed by atoms with Crippen molar-refractivity contribution < 1.29 is 15.1 Å². The van der Waals surface area contributed by atoms with Gasteiger partial charge in [0.05, 0.1) is 6.10 Å². The SMILES string of the molecule is CCCC[C@@H](O)/C=C\CCCCCCCCCCCCC(=O)NO. The van der Waals surface area contributed by atoms with Gasteiger partial charge < -0.3 is 5.11 Å². The van der Waals surface area contributed by atoms with E-state index in [0.29, 0.717) is 6.42 Å². The molecule has 0 radical (unpaired) electrons. The summed E-state index contributed by atoms with van der Waals surface area (Å²) in [6, 6.07) is 0. The monoisotopic (exact) mass is 341 g/mol. The molecular weight excluding hydrogens is 302 g/mol. The number of carbonyl (C=O) groups excluding carboxylic acids is 1. The maximum absolute atomic E-state index is 10.8. The molecule has 1 atom stereocenters. The smallest absolute Gasteiger partial charge is 0.243 e. The highest BCUT2D eigenvalue weighted by atomic mass is 16.5. The number of nitrogens with one attached hydrogen (secondary N) is 1. The molecule has 4 heteroatoms. The molecule has 1 amide bonds. The summed E-state index contributed by atoms with van der Waals surface area (Å²) in [5, 5.41) is 18.0. The van der Waals surface area contributed by atoms with Crippen LogP contribution in [0.4, 0.5) is 0 Å². The van der Waals surface area contributed by atoms with E-state index in [0.717, 1.165) is 38.5 Å². The van der Waals surface area contributed by atoms with Gasteiger partial charge in [-0.25, -0.2) is 5.48 Å². The minimum atomic E-state index is -0.277. The van der Waals surface area contributed by atoms with Crippen molar-refractivity contribution in [2.24, 2.45) is 0 Å². The van der Waals surface area contributed by atoms with Gasteiger partial charge in [0.15, 0.2) is 0 Å². The number of hydroxylamine groups is 1. The number of carbonyl (C=O) groups is 1. The van der Waals surface area contributed by atoms with Gasteiger partial charge in [-0.15, -0.1) is 0 Å². The maximum atomic E-state index is 10.8. The third kappa shape index (κ3) is 17.5. The second-order valence-electron chi connectivity index (χ2n) is 6.75. The Hall–Kier alpha value is -0.870. The van der Waals surface area contributed by atoms with Gasteiger partial charge in [0.1, 0.15) is 0 Å². The predicted octanol–water partition coefficient (Wildman–Crippen LogP) is 5.28. The highest BCUT2D eigenvalue weighted by Crippen LogP contribution is 2.12. The molecule has 0 fully saturated rings. The van der Waals surface area contributed by atoms with E-state index in [4.69, 9.17) is 5.21 Å². The summed E-state index contributed by atoms with van der Waals surface area (Å²) in [5.74, 6) is -0.277. The van der Waals surface area contributed by atoms with Crippen LogP contribution in [0.15, 0.2) is 12.2 Å². The molecule has 0 spiro atoms. The Balaban J connectivity index is 3.17. The molecule has 0 aromatic carbocycles. The van der Waals surface area contributed by atoms with Crippen molar-refractivity contribution in [2.75, 3.05) is 0 Å². The number of allylic oxidation sites excluding steroid dienone is 1. The minimum absolute atomic E-state index is 0.247. The number of amides is 1. The summed E-state index contributed by atoms with van der Waals surface area (Å²) in [6.45, 7) is 2.15. The van der Waals surface area contributed by atoms with Crippen LogP contribution in [0.5, 0.6) is 0 Å².